The minimum Gasteiger partial charge on any atom is -0.368 e. The van der Waals surface area contributed by atoms with E-state index < -0.39 is 0 Å². The van der Waals surface area contributed by atoms with E-state index in [9.17, 15) is 4.79 Å². The molecule has 0 saturated heterocycles. The highest BCUT2D eigenvalue weighted by Gasteiger charge is 2.18. The van der Waals surface area contributed by atoms with Gasteiger partial charge in [-0.15, -0.1) is 0 Å². The van der Waals surface area contributed by atoms with Crippen molar-refractivity contribution in [3.05, 3.63) is 0 Å². The van der Waals surface area contributed by atoms with Crippen LogP contribution in [0, 0.1) is 5.92 Å². The Morgan fingerprint density at radius 2 is 1.83 bits per heavy atom. The van der Waals surface area contributed by atoms with Gasteiger partial charge >= 0.3 is 0 Å². The van der Waals surface area contributed by atoms with E-state index in [-0.39, 0.29) is 11.9 Å². The molecular formula is C13H30N4O. The summed E-state index contributed by atoms with van der Waals surface area (Å²) in [5.41, 5.74) is 5.42. The van der Waals surface area contributed by atoms with E-state index in [2.05, 4.69) is 43.1 Å². The van der Waals surface area contributed by atoms with Gasteiger partial charge in [0.05, 0.1) is 6.04 Å². The lowest BCUT2D eigenvalue weighted by Crippen LogP contribution is -2.50. The molecule has 0 rings (SSSR count). The second-order valence-corrected chi connectivity index (χ2v) is 5.47. The van der Waals surface area contributed by atoms with Crippen molar-refractivity contribution in [1.82, 2.24) is 15.1 Å². The van der Waals surface area contributed by atoms with Crippen LogP contribution in [0.2, 0.25) is 0 Å². The Balaban J connectivity index is 4.38. The fourth-order valence-corrected chi connectivity index (χ4v) is 1.87. The van der Waals surface area contributed by atoms with Crippen LogP contribution in [-0.4, -0.2) is 68.6 Å². The normalized spacial score (nSPS) is 13.6. The summed E-state index contributed by atoms with van der Waals surface area (Å²) in [6, 6.07) is -0.254. The quantitative estimate of drug-likeness (QED) is 0.578. The zero-order valence-electron chi connectivity index (χ0n) is 12.6. The Hall–Kier alpha value is -0.650. The summed E-state index contributed by atoms with van der Waals surface area (Å²) in [7, 11) is 4.12. The molecule has 0 saturated carbocycles. The van der Waals surface area contributed by atoms with E-state index >= 15 is 0 Å². The third-order valence-corrected chi connectivity index (χ3v) is 2.72. The maximum absolute atomic E-state index is 11.4. The Labute approximate surface area is 112 Å². The average molecular weight is 258 g/mol. The number of rotatable bonds is 10. The second-order valence-electron chi connectivity index (χ2n) is 5.47. The topological polar surface area (TPSA) is 61.6 Å². The van der Waals surface area contributed by atoms with Gasteiger partial charge in [0, 0.05) is 26.2 Å². The number of carbonyl (C=O) groups is 1. The summed E-state index contributed by atoms with van der Waals surface area (Å²) >= 11 is 0. The lowest BCUT2D eigenvalue weighted by molar-refractivity contribution is -0.120. The fourth-order valence-electron chi connectivity index (χ4n) is 1.87. The number of amides is 1. The molecule has 0 aromatic rings. The number of nitrogens with two attached hydrogens (primary N) is 1. The standard InChI is InChI=1S/C13H30N4O/c1-6-15-12(13(14)18)10-17(9-11(2)3)8-7-16(4)5/h11-12,15H,6-10H2,1-5H3,(H2,14,18). The molecule has 1 amide bonds. The van der Waals surface area contributed by atoms with Gasteiger partial charge in [-0.3, -0.25) is 9.69 Å². The Kier molecular flexibility index (Phi) is 8.97. The van der Waals surface area contributed by atoms with Gasteiger partial charge in [-0.25, -0.2) is 0 Å². The second kappa shape index (κ2) is 9.30. The molecule has 5 nitrogen and oxygen atoms in total. The van der Waals surface area contributed by atoms with Crippen molar-refractivity contribution in [3.8, 4) is 0 Å². The number of nitrogens with zero attached hydrogens (tertiary/aromatic N) is 2. The molecule has 0 aromatic heterocycles. The van der Waals surface area contributed by atoms with Crippen LogP contribution in [0.15, 0.2) is 0 Å². The predicted octanol–water partition coefficient (Wildman–Crippen LogP) is -0.0306. The summed E-state index contributed by atoms with van der Waals surface area (Å²) < 4.78 is 0. The molecule has 0 bridgehead atoms. The average Bonchev–Trinajstić information content (AvgIpc) is 2.24. The van der Waals surface area contributed by atoms with Gasteiger partial charge in [0.1, 0.15) is 0 Å². The molecule has 1 atom stereocenters. The molecule has 108 valence electrons. The van der Waals surface area contributed by atoms with Crippen molar-refractivity contribution >= 4 is 5.91 Å². The monoisotopic (exact) mass is 258 g/mol. The molecule has 0 fully saturated rings. The summed E-state index contributed by atoms with van der Waals surface area (Å²) in [6.45, 7) is 10.8. The van der Waals surface area contributed by atoms with Gasteiger partial charge in [0.15, 0.2) is 0 Å². The van der Waals surface area contributed by atoms with Gasteiger partial charge in [-0.1, -0.05) is 20.8 Å². The minimum atomic E-state index is -0.268. The summed E-state index contributed by atoms with van der Waals surface area (Å²) in [5, 5.41) is 3.14. The maximum atomic E-state index is 11.4. The first-order valence-electron chi connectivity index (χ1n) is 6.76. The molecule has 0 radical (unpaired) electrons. The molecule has 0 spiro atoms. The molecule has 3 N–H and O–H groups in total. The molecule has 0 aliphatic rings. The SMILES string of the molecule is CCNC(CN(CCN(C)C)CC(C)C)C(N)=O. The lowest BCUT2D eigenvalue weighted by Gasteiger charge is -2.29. The van der Waals surface area contributed by atoms with Gasteiger partial charge in [0.2, 0.25) is 5.91 Å². The molecule has 0 aliphatic carbocycles. The summed E-state index contributed by atoms with van der Waals surface area (Å²) in [4.78, 5) is 15.8. The molecule has 0 aliphatic heterocycles. The van der Waals surface area contributed by atoms with Crippen molar-refractivity contribution in [2.45, 2.75) is 26.8 Å². The Morgan fingerprint density at radius 3 is 2.22 bits per heavy atom. The number of likely N-dealkylation sites (N-methyl/N-ethyl adjacent to an activating group) is 2. The van der Waals surface area contributed by atoms with Crippen LogP contribution in [0.25, 0.3) is 0 Å². The largest absolute Gasteiger partial charge is 0.368 e. The van der Waals surface area contributed by atoms with Crippen LogP contribution < -0.4 is 11.1 Å². The first-order valence-corrected chi connectivity index (χ1v) is 6.76. The van der Waals surface area contributed by atoms with Gasteiger partial charge in [-0.2, -0.15) is 0 Å². The van der Waals surface area contributed by atoms with E-state index in [1.54, 1.807) is 0 Å². The zero-order chi connectivity index (χ0) is 14.1. The number of primary amides is 1. The summed E-state index contributed by atoms with van der Waals surface area (Å²) in [5.74, 6) is 0.317. The lowest BCUT2D eigenvalue weighted by atomic mass is 10.1. The third kappa shape index (κ3) is 8.44. The van der Waals surface area contributed by atoms with Crippen LogP contribution in [0.5, 0.6) is 0 Å². The van der Waals surface area contributed by atoms with Gasteiger partial charge < -0.3 is 16.0 Å². The number of hydrogen-bond acceptors (Lipinski definition) is 4. The summed E-state index contributed by atoms with van der Waals surface area (Å²) in [6.07, 6.45) is 0. The number of carbonyl (C=O) groups excluding carboxylic acids is 1. The van der Waals surface area contributed by atoms with E-state index in [1.165, 1.54) is 0 Å². The molecule has 0 heterocycles. The van der Waals surface area contributed by atoms with Crippen LogP contribution in [0.1, 0.15) is 20.8 Å². The Bertz CT molecular complexity index is 231. The van der Waals surface area contributed by atoms with Crippen molar-refractivity contribution < 1.29 is 4.79 Å². The van der Waals surface area contributed by atoms with Crippen molar-refractivity contribution in [2.75, 3.05) is 46.8 Å². The number of nitrogens with one attached hydrogen (secondary N) is 1. The van der Waals surface area contributed by atoms with Crippen LogP contribution in [0.4, 0.5) is 0 Å². The third-order valence-electron chi connectivity index (χ3n) is 2.72. The minimum absolute atomic E-state index is 0.254. The van der Waals surface area contributed by atoms with E-state index in [1.807, 2.05) is 6.92 Å². The highest BCUT2D eigenvalue weighted by molar-refractivity contribution is 5.80. The fraction of sp³-hybridized carbons (Fsp3) is 0.923. The smallest absolute Gasteiger partial charge is 0.235 e. The van der Waals surface area contributed by atoms with E-state index in [0.717, 1.165) is 26.2 Å². The van der Waals surface area contributed by atoms with Gasteiger partial charge in [0.25, 0.3) is 0 Å². The predicted molar refractivity (Wildman–Crippen MR) is 76.5 cm³/mol. The van der Waals surface area contributed by atoms with Crippen LogP contribution in [-0.2, 0) is 4.79 Å². The zero-order valence-corrected chi connectivity index (χ0v) is 12.6. The maximum Gasteiger partial charge on any atom is 0.235 e. The van der Waals surface area contributed by atoms with Gasteiger partial charge in [-0.05, 0) is 26.6 Å². The van der Waals surface area contributed by atoms with Crippen molar-refractivity contribution in [1.29, 1.82) is 0 Å². The molecular weight excluding hydrogens is 228 g/mol. The molecule has 0 aromatic carbocycles. The van der Waals surface area contributed by atoms with Crippen LogP contribution >= 0.6 is 0 Å². The molecule has 5 heteroatoms. The number of hydrogen-bond donors (Lipinski definition) is 2. The highest BCUT2D eigenvalue weighted by atomic mass is 16.1. The molecule has 18 heavy (non-hydrogen) atoms. The van der Waals surface area contributed by atoms with Crippen molar-refractivity contribution in [2.24, 2.45) is 11.7 Å². The first kappa shape index (κ1) is 17.4. The highest BCUT2D eigenvalue weighted by Crippen LogP contribution is 2.01. The Morgan fingerprint density at radius 1 is 1.22 bits per heavy atom. The van der Waals surface area contributed by atoms with E-state index in [0.29, 0.717) is 12.5 Å². The van der Waals surface area contributed by atoms with Crippen molar-refractivity contribution in [3.63, 3.8) is 0 Å². The van der Waals surface area contributed by atoms with Crippen LogP contribution in [0.3, 0.4) is 0 Å². The van der Waals surface area contributed by atoms with E-state index in [4.69, 9.17) is 5.73 Å². The first-order chi connectivity index (χ1) is 8.36. The molecule has 1 unspecified atom stereocenters.